The standard InChI is InChI=1S/C51H30N4OS/c1-3-13-31(14-4-1)49-52-50(32-15-5-2-6-16-32)54-51(53-49)33-25-27-40-45(29-33)56-44-24-12-19-37(47(40)44)38-20-11-21-39-41-30-34(26-28-46(41)57-48(38)39)55-42-22-9-7-17-35(42)36-18-8-10-23-43(36)55/h1-30H. The predicted octanol–water partition coefficient (Wildman–Crippen LogP) is 13.9. The maximum atomic E-state index is 6.63. The summed E-state index contributed by atoms with van der Waals surface area (Å²) < 4.78 is 11.6. The molecule has 266 valence electrons. The third-order valence-corrected chi connectivity index (χ3v) is 12.3. The molecule has 5 nitrogen and oxygen atoms in total. The van der Waals surface area contributed by atoms with Crippen molar-refractivity contribution in [1.29, 1.82) is 0 Å². The molecule has 0 aliphatic rings. The molecule has 0 bridgehead atoms. The second-order valence-corrected chi connectivity index (χ2v) is 15.4. The number of hydrogen-bond acceptors (Lipinski definition) is 5. The average Bonchev–Trinajstić information content (AvgIpc) is 3.96. The SMILES string of the molecule is c1ccc(-c2nc(-c3ccccc3)nc(-c3ccc4c(c3)oc3cccc(-c5cccc6c5sc5ccc(-n7c8ccccc8c8ccccc87)cc56)c34)n2)cc1. The Balaban J connectivity index is 1.00. The van der Waals surface area contributed by atoms with Crippen LogP contribution < -0.4 is 0 Å². The van der Waals surface area contributed by atoms with E-state index in [9.17, 15) is 0 Å². The number of para-hydroxylation sites is 2. The molecule has 4 heterocycles. The van der Waals surface area contributed by atoms with Crippen LogP contribution in [-0.4, -0.2) is 19.5 Å². The quantitative estimate of drug-likeness (QED) is 0.176. The van der Waals surface area contributed by atoms with Crippen molar-refractivity contribution in [3.05, 3.63) is 182 Å². The van der Waals surface area contributed by atoms with Gasteiger partial charge in [-0.25, -0.2) is 15.0 Å². The predicted molar refractivity (Wildman–Crippen MR) is 236 cm³/mol. The summed E-state index contributed by atoms with van der Waals surface area (Å²) in [5, 5.41) is 7.19. The number of benzene rings is 8. The molecule has 0 saturated heterocycles. The van der Waals surface area contributed by atoms with Crippen molar-refractivity contribution in [2.24, 2.45) is 0 Å². The third-order valence-electron chi connectivity index (χ3n) is 11.1. The Morgan fingerprint density at radius 2 is 1.00 bits per heavy atom. The number of aromatic nitrogens is 4. The molecule has 4 aromatic heterocycles. The van der Waals surface area contributed by atoms with Crippen LogP contribution in [0.5, 0.6) is 0 Å². The Kier molecular flexibility index (Phi) is 7.03. The summed E-state index contributed by atoms with van der Waals surface area (Å²) in [4.78, 5) is 14.8. The van der Waals surface area contributed by atoms with Gasteiger partial charge in [-0.3, -0.25) is 0 Å². The van der Waals surface area contributed by atoms with E-state index in [0.717, 1.165) is 49.9 Å². The lowest BCUT2D eigenvalue weighted by Gasteiger charge is -2.09. The molecule has 0 aliphatic carbocycles. The van der Waals surface area contributed by atoms with Gasteiger partial charge in [0.15, 0.2) is 17.5 Å². The molecular formula is C51H30N4OS. The molecule has 57 heavy (non-hydrogen) atoms. The molecule has 0 amide bonds. The van der Waals surface area contributed by atoms with E-state index in [1.54, 1.807) is 0 Å². The highest BCUT2D eigenvalue weighted by Crippen LogP contribution is 2.45. The van der Waals surface area contributed by atoms with Crippen LogP contribution in [0.1, 0.15) is 0 Å². The molecule has 0 atom stereocenters. The topological polar surface area (TPSA) is 56.7 Å². The van der Waals surface area contributed by atoms with Gasteiger partial charge in [0.05, 0.1) is 11.0 Å². The molecule has 0 unspecified atom stereocenters. The van der Waals surface area contributed by atoms with Gasteiger partial charge in [-0.05, 0) is 54.1 Å². The number of thiophene rings is 1. The van der Waals surface area contributed by atoms with Gasteiger partial charge in [0.2, 0.25) is 0 Å². The van der Waals surface area contributed by atoms with Crippen LogP contribution in [0.4, 0.5) is 0 Å². The van der Waals surface area contributed by atoms with Crippen molar-refractivity contribution in [2.45, 2.75) is 0 Å². The van der Waals surface area contributed by atoms with Crippen molar-refractivity contribution in [3.63, 3.8) is 0 Å². The monoisotopic (exact) mass is 746 g/mol. The molecule has 12 rings (SSSR count). The highest BCUT2D eigenvalue weighted by molar-refractivity contribution is 7.26. The van der Waals surface area contributed by atoms with E-state index in [4.69, 9.17) is 19.4 Å². The van der Waals surface area contributed by atoms with Crippen molar-refractivity contribution >= 4 is 75.3 Å². The van der Waals surface area contributed by atoms with E-state index in [0.29, 0.717) is 17.5 Å². The largest absolute Gasteiger partial charge is 0.456 e. The summed E-state index contributed by atoms with van der Waals surface area (Å²) in [5.74, 6) is 1.86. The van der Waals surface area contributed by atoms with E-state index in [2.05, 4.69) is 126 Å². The molecule has 0 saturated carbocycles. The zero-order chi connectivity index (χ0) is 37.5. The third kappa shape index (κ3) is 5.04. The fourth-order valence-corrected chi connectivity index (χ4v) is 9.68. The van der Waals surface area contributed by atoms with Crippen LogP contribution in [0.15, 0.2) is 186 Å². The molecular weight excluding hydrogens is 717 g/mol. The van der Waals surface area contributed by atoms with Gasteiger partial charge in [-0.1, -0.05) is 133 Å². The van der Waals surface area contributed by atoms with Gasteiger partial charge in [0.1, 0.15) is 11.2 Å². The Bertz CT molecular complexity index is 3420. The smallest absolute Gasteiger partial charge is 0.164 e. The first-order chi connectivity index (χ1) is 28.2. The number of fused-ring (bicyclic) bond motifs is 9. The number of furan rings is 1. The number of hydrogen-bond donors (Lipinski definition) is 0. The minimum Gasteiger partial charge on any atom is -0.456 e. The summed E-state index contributed by atoms with van der Waals surface area (Å²) in [6, 6.07) is 63.8. The number of nitrogens with zero attached hydrogens (tertiary/aromatic N) is 4. The van der Waals surface area contributed by atoms with E-state index < -0.39 is 0 Å². The molecule has 0 spiro atoms. The van der Waals surface area contributed by atoms with Crippen LogP contribution in [-0.2, 0) is 0 Å². The Morgan fingerprint density at radius 3 is 1.70 bits per heavy atom. The van der Waals surface area contributed by atoms with Gasteiger partial charge in [0, 0.05) is 69.7 Å². The van der Waals surface area contributed by atoms with Gasteiger partial charge >= 0.3 is 0 Å². The fourth-order valence-electron chi connectivity index (χ4n) is 8.47. The normalized spacial score (nSPS) is 11.9. The van der Waals surface area contributed by atoms with Crippen LogP contribution in [0.2, 0.25) is 0 Å². The Labute approximate surface area is 330 Å². The second kappa shape index (κ2) is 12.6. The minimum absolute atomic E-state index is 0.598. The Hall–Kier alpha value is -7.41. The van der Waals surface area contributed by atoms with Crippen molar-refractivity contribution < 1.29 is 4.42 Å². The summed E-state index contributed by atoms with van der Waals surface area (Å²) in [5.41, 5.74) is 10.3. The zero-order valence-corrected chi connectivity index (χ0v) is 31.2. The first-order valence-corrected chi connectivity index (χ1v) is 19.8. The van der Waals surface area contributed by atoms with Gasteiger partial charge < -0.3 is 8.98 Å². The van der Waals surface area contributed by atoms with Crippen LogP contribution in [0.3, 0.4) is 0 Å². The highest BCUT2D eigenvalue weighted by atomic mass is 32.1. The maximum Gasteiger partial charge on any atom is 0.164 e. The van der Waals surface area contributed by atoms with Gasteiger partial charge in [-0.15, -0.1) is 11.3 Å². The Morgan fingerprint density at radius 1 is 0.404 bits per heavy atom. The average molecular weight is 747 g/mol. The molecule has 0 N–H and O–H groups in total. The summed E-state index contributed by atoms with van der Waals surface area (Å²) >= 11 is 1.85. The minimum atomic E-state index is 0.598. The molecule has 12 aromatic rings. The maximum absolute atomic E-state index is 6.63. The van der Waals surface area contributed by atoms with Crippen molar-refractivity contribution in [2.75, 3.05) is 0 Å². The lowest BCUT2D eigenvalue weighted by molar-refractivity contribution is 0.669. The van der Waals surface area contributed by atoms with E-state index in [1.807, 2.05) is 72.0 Å². The first-order valence-electron chi connectivity index (χ1n) is 19.0. The summed E-state index contributed by atoms with van der Waals surface area (Å²) in [7, 11) is 0. The lowest BCUT2D eigenvalue weighted by atomic mass is 9.97. The van der Waals surface area contributed by atoms with E-state index >= 15 is 0 Å². The summed E-state index contributed by atoms with van der Waals surface area (Å²) in [6.45, 7) is 0. The zero-order valence-electron chi connectivity index (χ0n) is 30.4. The molecule has 6 heteroatoms. The van der Waals surface area contributed by atoms with Crippen LogP contribution in [0, 0.1) is 0 Å². The molecule has 0 radical (unpaired) electrons. The van der Waals surface area contributed by atoms with Crippen LogP contribution >= 0.6 is 11.3 Å². The van der Waals surface area contributed by atoms with E-state index in [-0.39, 0.29) is 0 Å². The van der Waals surface area contributed by atoms with E-state index in [1.165, 1.54) is 47.5 Å². The van der Waals surface area contributed by atoms with Crippen molar-refractivity contribution in [1.82, 2.24) is 19.5 Å². The van der Waals surface area contributed by atoms with Gasteiger partial charge in [-0.2, -0.15) is 0 Å². The number of rotatable bonds is 5. The first kappa shape index (κ1) is 31.9. The molecule has 8 aromatic carbocycles. The fraction of sp³-hybridized carbons (Fsp3) is 0. The van der Waals surface area contributed by atoms with Gasteiger partial charge in [0.25, 0.3) is 0 Å². The molecule has 0 aliphatic heterocycles. The summed E-state index contributed by atoms with van der Waals surface area (Å²) in [6.07, 6.45) is 0. The lowest BCUT2D eigenvalue weighted by Crippen LogP contribution is -2.00. The van der Waals surface area contributed by atoms with Crippen LogP contribution in [0.25, 0.3) is 115 Å². The van der Waals surface area contributed by atoms with Crippen molar-refractivity contribution in [3.8, 4) is 51.0 Å². The highest BCUT2D eigenvalue weighted by Gasteiger charge is 2.20. The molecule has 0 fully saturated rings. The second-order valence-electron chi connectivity index (χ2n) is 14.4.